The standard InChI is InChI=1S/C11H13F3N2O3/c1-6-8(3-9(17)18-2)7(4-15)5-16-10(6)19-11(12,13)14/h5H,3-4,15H2,1-2H3. The van der Waals surface area contributed by atoms with Gasteiger partial charge in [0.2, 0.25) is 5.88 Å². The summed E-state index contributed by atoms with van der Waals surface area (Å²) in [5, 5.41) is 0. The molecule has 1 aromatic heterocycles. The van der Waals surface area contributed by atoms with Crippen LogP contribution in [0.25, 0.3) is 0 Å². The fraction of sp³-hybridized carbons (Fsp3) is 0.455. The van der Waals surface area contributed by atoms with Gasteiger partial charge < -0.3 is 15.2 Å². The van der Waals surface area contributed by atoms with Crippen LogP contribution in [-0.2, 0) is 22.5 Å². The van der Waals surface area contributed by atoms with E-state index in [0.717, 1.165) is 6.20 Å². The number of methoxy groups -OCH3 is 1. The third-order valence-corrected chi connectivity index (χ3v) is 2.48. The lowest BCUT2D eigenvalue weighted by Gasteiger charge is -2.15. The van der Waals surface area contributed by atoms with Crippen molar-refractivity contribution in [3.8, 4) is 5.88 Å². The highest BCUT2D eigenvalue weighted by Crippen LogP contribution is 2.27. The van der Waals surface area contributed by atoms with Gasteiger partial charge in [0, 0.05) is 18.3 Å². The van der Waals surface area contributed by atoms with Crippen LogP contribution in [-0.4, -0.2) is 24.4 Å². The average Bonchev–Trinajstić information content (AvgIpc) is 2.32. The van der Waals surface area contributed by atoms with Crippen LogP contribution in [0, 0.1) is 6.92 Å². The van der Waals surface area contributed by atoms with Gasteiger partial charge in [0.25, 0.3) is 0 Å². The Kier molecular flexibility index (Phi) is 4.71. The molecule has 106 valence electrons. The Morgan fingerprint density at radius 2 is 2.11 bits per heavy atom. The molecule has 0 aliphatic rings. The summed E-state index contributed by atoms with van der Waals surface area (Å²) in [6.07, 6.45) is -3.87. The molecule has 8 heteroatoms. The quantitative estimate of drug-likeness (QED) is 0.844. The summed E-state index contributed by atoms with van der Waals surface area (Å²) in [7, 11) is 1.19. The summed E-state index contributed by atoms with van der Waals surface area (Å²) in [6, 6.07) is 0. The molecule has 0 spiro atoms. The minimum absolute atomic E-state index is 0.0481. The number of carbonyl (C=O) groups excluding carboxylic acids is 1. The number of nitrogens with two attached hydrogens (primary N) is 1. The second-order valence-corrected chi connectivity index (χ2v) is 3.70. The second kappa shape index (κ2) is 5.87. The monoisotopic (exact) mass is 278 g/mol. The van der Waals surface area contributed by atoms with Crippen molar-refractivity contribution in [3.63, 3.8) is 0 Å². The van der Waals surface area contributed by atoms with Gasteiger partial charge >= 0.3 is 12.3 Å². The minimum atomic E-state index is -4.84. The van der Waals surface area contributed by atoms with E-state index >= 15 is 0 Å². The largest absolute Gasteiger partial charge is 0.574 e. The SMILES string of the molecule is COC(=O)Cc1c(CN)cnc(OC(F)(F)F)c1C. The second-order valence-electron chi connectivity index (χ2n) is 3.70. The molecule has 0 amide bonds. The van der Waals surface area contributed by atoms with Crippen molar-refractivity contribution in [2.24, 2.45) is 5.73 Å². The Morgan fingerprint density at radius 1 is 1.47 bits per heavy atom. The molecule has 0 aliphatic heterocycles. The van der Waals surface area contributed by atoms with Crippen molar-refractivity contribution in [3.05, 3.63) is 22.9 Å². The number of hydrogen-bond donors (Lipinski definition) is 1. The Bertz CT molecular complexity index is 475. The molecule has 0 aromatic carbocycles. The number of pyridine rings is 1. The topological polar surface area (TPSA) is 74.4 Å². The number of ether oxygens (including phenoxy) is 2. The predicted molar refractivity (Wildman–Crippen MR) is 59.3 cm³/mol. The van der Waals surface area contributed by atoms with Crippen molar-refractivity contribution < 1.29 is 27.4 Å². The smallest absolute Gasteiger partial charge is 0.469 e. The predicted octanol–water partition coefficient (Wildman–Crippen LogP) is 1.46. The minimum Gasteiger partial charge on any atom is -0.469 e. The van der Waals surface area contributed by atoms with Crippen LogP contribution in [0.5, 0.6) is 5.88 Å². The zero-order valence-electron chi connectivity index (χ0n) is 10.4. The molecule has 0 aliphatic carbocycles. The molecule has 0 fully saturated rings. The highest BCUT2D eigenvalue weighted by Gasteiger charge is 2.33. The first-order valence-corrected chi connectivity index (χ1v) is 5.28. The van der Waals surface area contributed by atoms with Crippen molar-refractivity contribution in [2.75, 3.05) is 7.11 Å². The van der Waals surface area contributed by atoms with Crippen LogP contribution < -0.4 is 10.5 Å². The average molecular weight is 278 g/mol. The van der Waals surface area contributed by atoms with Gasteiger partial charge in [0.15, 0.2) is 0 Å². The molecular formula is C11H13F3N2O3. The van der Waals surface area contributed by atoms with Crippen LogP contribution in [0.2, 0.25) is 0 Å². The highest BCUT2D eigenvalue weighted by molar-refractivity contribution is 5.73. The number of aromatic nitrogens is 1. The molecule has 0 atom stereocenters. The molecule has 1 heterocycles. The first-order chi connectivity index (χ1) is 8.78. The lowest BCUT2D eigenvalue weighted by Crippen LogP contribution is -2.20. The molecule has 19 heavy (non-hydrogen) atoms. The number of alkyl halides is 3. The zero-order valence-corrected chi connectivity index (χ0v) is 10.4. The van der Waals surface area contributed by atoms with Gasteiger partial charge in [0.1, 0.15) is 0 Å². The first kappa shape index (κ1) is 15.2. The molecule has 0 unspecified atom stereocenters. The third kappa shape index (κ3) is 4.09. The Balaban J connectivity index is 3.18. The van der Waals surface area contributed by atoms with Crippen molar-refractivity contribution >= 4 is 5.97 Å². The number of halogens is 3. The summed E-state index contributed by atoms with van der Waals surface area (Å²) >= 11 is 0. The Hall–Kier alpha value is -1.83. The van der Waals surface area contributed by atoms with Gasteiger partial charge in [0.05, 0.1) is 13.5 Å². The van der Waals surface area contributed by atoms with Crippen molar-refractivity contribution in [2.45, 2.75) is 26.3 Å². The summed E-state index contributed by atoms with van der Waals surface area (Å²) in [5.74, 6) is -1.18. The lowest BCUT2D eigenvalue weighted by atomic mass is 10.0. The fourth-order valence-corrected chi connectivity index (χ4v) is 1.53. The maximum absolute atomic E-state index is 12.2. The van der Waals surface area contributed by atoms with Gasteiger partial charge in [-0.15, -0.1) is 13.2 Å². The Morgan fingerprint density at radius 3 is 2.58 bits per heavy atom. The van der Waals surface area contributed by atoms with E-state index in [9.17, 15) is 18.0 Å². The van der Waals surface area contributed by atoms with Gasteiger partial charge in [-0.3, -0.25) is 4.79 Å². The van der Waals surface area contributed by atoms with Crippen LogP contribution in [0.15, 0.2) is 6.20 Å². The molecule has 0 saturated heterocycles. The number of hydrogen-bond acceptors (Lipinski definition) is 5. The molecular weight excluding hydrogens is 265 g/mol. The summed E-state index contributed by atoms with van der Waals surface area (Å²) in [5.41, 5.74) is 6.38. The zero-order chi connectivity index (χ0) is 14.6. The lowest BCUT2D eigenvalue weighted by molar-refractivity contribution is -0.276. The first-order valence-electron chi connectivity index (χ1n) is 5.28. The molecule has 5 nitrogen and oxygen atoms in total. The van der Waals surface area contributed by atoms with E-state index in [1.807, 2.05) is 0 Å². The molecule has 1 aromatic rings. The summed E-state index contributed by atoms with van der Waals surface area (Å²) in [6.45, 7) is 1.43. The summed E-state index contributed by atoms with van der Waals surface area (Å²) in [4.78, 5) is 14.8. The summed E-state index contributed by atoms with van der Waals surface area (Å²) < 4.78 is 44.8. The van der Waals surface area contributed by atoms with Crippen LogP contribution in [0.1, 0.15) is 16.7 Å². The molecule has 2 N–H and O–H groups in total. The molecule has 0 radical (unpaired) electrons. The number of nitrogens with zero attached hydrogens (tertiary/aromatic N) is 1. The number of esters is 1. The van der Waals surface area contributed by atoms with Gasteiger partial charge in [-0.2, -0.15) is 0 Å². The molecule has 0 saturated carbocycles. The maximum Gasteiger partial charge on any atom is 0.574 e. The van der Waals surface area contributed by atoms with Gasteiger partial charge in [-0.05, 0) is 18.1 Å². The number of rotatable bonds is 4. The normalized spacial score (nSPS) is 11.3. The van der Waals surface area contributed by atoms with Crippen molar-refractivity contribution in [1.29, 1.82) is 0 Å². The van der Waals surface area contributed by atoms with E-state index in [0.29, 0.717) is 11.1 Å². The third-order valence-electron chi connectivity index (χ3n) is 2.48. The molecule has 0 bridgehead atoms. The van der Waals surface area contributed by atoms with Gasteiger partial charge in [-0.1, -0.05) is 0 Å². The van der Waals surface area contributed by atoms with Crippen LogP contribution in [0.3, 0.4) is 0 Å². The van der Waals surface area contributed by atoms with E-state index in [1.54, 1.807) is 0 Å². The van der Waals surface area contributed by atoms with E-state index in [4.69, 9.17) is 5.73 Å². The maximum atomic E-state index is 12.2. The highest BCUT2D eigenvalue weighted by atomic mass is 19.4. The van der Waals surface area contributed by atoms with Gasteiger partial charge in [-0.25, -0.2) is 4.98 Å². The van der Waals surface area contributed by atoms with E-state index < -0.39 is 18.2 Å². The molecule has 1 rings (SSSR count). The number of carbonyl (C=O) groups is 1. The van der Waals surface area contributed by atoms with Crippen molar-refractivity contribution in [1.82, 2.24) is 4.98 Å². The van der Waals surface area contributed by atoms with E-state index in [2.05, 4.69) is 14.5 Å². The fourth-order valence-electron chi connectivity index (χ4n) is 1.53. The Labute approximate surface area is 107 Å². The van der Waals surface area contributed by atoms with Crippen LogP contribution in [0.4, 0.5) is 13.2 Å². The van der Waals surface area contributed by atoms with E-state index in [-0.39, 0.29) is 18.5 Å². The van der Waals surface area contributed by atoms with Crippen LogP contribution >= 0.6 is 0 Å². The van der Waals surface area contributed by atoms with E-state index in [1.165, 1.54) is 14.0 Å².